The van der Waals surface area contributed by atoms with E-state index in [2.05, 4.69) is 5.32 Å². The number of hydrogen-bond donors (Lipinski definition) is 1. The maximum atomic E-state index is 13.8. The standard InChI is InChI=1S/C18H16F2N2O2/c1-11-6-7-13(9-15(11)20)21-18(24)12-8-17(23)22(10-12)16-5-3-2-4-14(16)19/h2-7,9,12H,8,10H2,1H3,(H,21,24)/t12-/m1/s1. The van der Waals surface area contributed by atoms with E-state index in [4.69, 9.17) is 0 Å². The summed E-state index contributed by atoms with van der Waals surface area (Å²) in [5.41, 5.74) is 0.980. The van der Waals surface area contributed by atoms with Crippen molar-refractivity contribution in [3.63, 3.8) is 0 Å². The minimum atomic E-state index is -0.610. The summed E-state index contributed by atoms with van der Waals surface area (Å²) in [6.45, 7) is 1.72. The van der Waals surface area contributed by atoms with Crippen LogP contribution >= 0.6 is 0 Å². The van der Waals surface area contributed by atoms with E-state index in [0.29, 0.717) is 11.3 Å². The highest BCUT2D eigenvalue weighted by atomic mass is 19.1. The summed E-state index contributed by atoms with van der Waals surface area (Å²) in [7, 11) is 0. The SMILES string of the molecule is Cc1ccc(NC(=O)[C@@H]2CC(=O)N(c3ccccc3F)C2)cc1F. The normalized spacial score (nSPS) is 17.2. The zero-order chi connectivity index (χ0) is 17.3. The Hall–Kier alpha value is -2.76. The van der Waals surface area contributed by atoms with Crippen LogP contribution in [0.3, 0.4) is 0 Å². The average Bonchev–Trinajstić information content (AvgIpc) is 2.93. The van der Waals surface area contributed by atoms with Crippen molar-refractivity contribution < 1.29 is 18.4 Å². The molecule has 0 unspecified atom stereocenters. The summed E-state index contributed by atoms with van der Waals surface area (Å²) >= 11 is 0. The molecule has 1 saturated heterocycles. The molecule has 6 heteroatoms. The summed E-state index contributed by atoms with van der Waals surface area (Å²) in [6, 6.07) is 10.3. The molecule has 4 nitrogen and oxygen atoms in total. The fraction of sp³-hybridized carbons (Fsp3) is 0.222. The fourth-order valence-corrected chi connectivity index (χ4v) is 2.70. The number of rotatable bonds is 3. The Morgan fingerprint density at radius 3 is 2.62 bits per heavy atom. The molecule has 1 N–H and O–H groups in total. The van der Waals surface area contributed by atoms with E-state index in [1.54, 1.807) is 25.1 Å². The van der Waals surface area contributed by atoms with Crippen LogP contribution in [0.25, 0.3) is 0 Å². The van der Waals surface area contributed by atoms with Gasteiger partial charge in [-0.05, 0) is 36.8 Å². The van der Waals surface area contributed by atoms with E-state index in [9.17, 15) is 18.4 Å². The lowest BCUT2D eigenvalue weighted by Crippen LogP contribution is -2.28. The first-order valence-corrected chi connectivity index (χ1v) is 7.57. The summed E-state index contributed by atoms with van der Waals surface area (Å²) in [5, 5.41) is 2.61. The smallest absolute Gasteiger partial charge is 0.229 e. The Morgan fingerprint density at radius 2 is 1.92 bits per heavy atom. The van der Waals surface area contributed by atoms with Gasteiger partial charge in [0.05, 0.1) is 11.6 Å². The van der Waals surface area contributed by atoms with Crippen molar-refractivity contribution in [3.8, 4) is 0 Å². The number of amides is 2. The summed E-state index contributed by atoms with van der Waals surface area (Å²) in [5.74, 6) is -2.22. The molecular formula is C18H16F2N2O2. The van der Waals surface area contributed by atoms with Gasteiger partial charge >= 0.3 is 0 Å². The molecule has 124 valence electrons. The van der Waals surface area contributed by atoms with Crippen molar-refractivity contribution in [3.05, 3.63) is 59.7 Å². The predicted molar refractivity (Wildman–Crippen MR) is 86.6 cm³/mol. The number of nitrogens with zero attached hydrogens (tertiary/aromatic N) is 1. The fourth-order valence-electron chi connectivity index (χ4n) is 2.70. The lowest BCUT2D eigenvalue weighted by Gasteiger charge is -2.17. The van der Waals surface area contributed by atoms with E-state index < -0.39 is 17.6 Å². The van der Waals surface area contributed by atoms with Crippen molar-refractivity contribution in [2.75, 3.05) is 16.8 Å². The molecule has 0 saturated carbocycles. The molecule has 0 radical (unpaired) electrons. The van der Waals surface area contributed by atoms with Gasteiger partial charge in [-0.1, -0.05) is 18.2 Å². The topological polar surface area (TPSA) is 49.4 Å². The molecule has 2 amide bonds. The number of benzene rings is 2. The maximum absolute atomic E-state index is 13.8. The molecule has 1 atom stereocenters. The Balaban J connectivity index is 1.72. The third kappa shape index (κ3) is 3.13. The van der Waals surface area contributed by atoms with Gasteiger partial charge in [0.2, 0.25) is 11.8 Å². The van der Waals surface area contributed by atoms with E-state index in [-0.39, 0.29) is 30.5 Å². The van der Waals surface area contributed by atoms with Crippen LogP contribution < -0.4 is 10.2 Å². The first kappa shape index (κ1) is 16.1. The molecule has 0 bridgehead atoms. The second-order valence-corrected chi connectivity index (χ2v) is 5.81. The van der Waals surface area contributed by atoms with Crippen LogP contribution in [-0.4, -0.2) is 18.4 Å². The van der Waals surface area contributed by atoms with Crippen molar-refractivity contribution in [2.45, 2.75) is 13.3 Å². The molecule has 1 aliphatic heterocycles. The molecule has 2 aromatic rings. The van der Waals surface area contributed by atoms with Crippen LogP contribution in [-0.2, 0) is 9.59 Å². The number of anilines is 2. The first-order chi connectivity index (χ1) is 11.5. The van der Waals surface area contributed by atoms with Gasteiger partial charge in [-0.3, -0.25) is 9.59 Å². The molecule has 3 rings (SSSR count). The van der Waals surface area contributed by atoms with E-state index in [1.165, 1.54) is 29.2 Å². The molecule has 0 aromatic heterocycles. The summed E-state index contributed by atoms with van der Waals surface area (Å²) in [4.78, 5) is 25.7. The van der Waals surface area contributed by atoms with E-state index >= 15 is 0 Å². The van der Waals surface area contributed by atoms with Gasteiger partial charge in [-0.15, -0.1) is 0 Å². The van der Waals surface area contributed by atoms with Gasteiger partial charge in [-0.25, -0.2) is 8.78 Å². The quantitative estimate of drug-likeness (QED) is 0.939. The van der Waals surface area contributed by atoms with Gasteiger partial charge in [-0.2, -0.15) is 0 Å². The van der Waals surface area contributed by atoms with Crippen molar-refractivity contribution in [1.29, 1.82) is 0 Å². The lowest BCUT2D eigenvalue weighted by molar-refractivity contribution is -0.122. The molecule has 0 aliphatic carbocycles. The molecule has 1 heterocycles. The Bertz CT molecular complexity index is 807. The number of aryl methyl sites for hydroxylation is 1. The number of carbonyl (C=O) groups excluding carboxylic acids is 2. The minimum absolute atomic E-state index is 0.00545. The molecular weight excluding hydrogens is 314 g/mol. The Kier molecular flexibility index (Phi) is 4.29. The van der Waals surface area contributed by atoms with Gasteiger partial charge in [0, 0.05) is 18.7 Å². The Labute approximate surface area is 138 Å². The van der Waals surface area contributed by atoms with Crippen LogP contribution in [0.2, 0.25) is 0 Å². The highest BCUT2D eigenvalue weighted by molar-refractivity contribution is 6.03. The van der Waals surface area contributed by atoms with Gasteiger partial charge in [0.25, 0.3) is 0 Å². The number of carbonyl (C=O) groups is 2. The van der Waals surface area contributed by atoms with Crippen LogP contribution in [0.1, 0.15) is 12.0 Å². The van der Waals surface area contributed by atoms with Crippen LogP contribution in [0.15, 0.2) is 42.5 Å². The van der Waals surface area contributed by atoms with Crippen molar-refractivity contribution in [1.82, 2.24) is 0 Å². The maximum Gasteiger partial charge on any atom is 0.229 e. The monoisotopic (exact) mass is 330 g/mol. The number of nitrogens with one attached hydrogen (secondary N) is 1. The van der Waals surface area contributed by atoms with Crippen LogP contribution in [0, 0.1) is 24.5 Å². The molecule has 1 aliphatic rings. The average molecular weight is 330 g/mol. The van der Waals surface area contributed by atoms with E-state index in [0.717, 1.165) is 0 Å². The molecule has 2 aromatic carbocycles. The van der Waals surface area contributed by atoms with E-state index in [1.807, 2.05) is 0 Å². The van der Waals surface area contributed by atoms with Gasteiger partial charge in [0.1, 0.15) is 11.6 Å². The largest absolute Gasteiger partial charge is 0.326 e. The van der Waals surface area contributed by atoms with Crippen molar-refractivity contribution >= 4 is 23.2 Å². The zero-order valence-electron chi connectivity index (χ0n) is 13.1. The molecule has 1 fully saturated rings. The van der Waals surface area contributed by atoms with Crippen LogP contribution in [0.5, 0.6) is 0 Å². The number of hydrogen-bond acceptors (Lipinski definition) is 2. The third-order valence-corrected chi connectivity index (χ3v) is 4.08. The van der Waals surface area contributed by atoms with Gasteiger partial charge < -0.3 is 10.2 Å². The molecule has 0 spiro atoms. The lowest BCUT2D eigenvalue weighted by atomic mass is 10.1. The van der Waals surface area contributed by atoms with Crippen LogP contribution in [0.4, 0.5) is 20.2 Å². The Morgan fingerprint density at radius 1 is 1.17 bits per heavy atom. The second-order valence-electron chi connectivity index (χ2n) is 5.81. The summed E-state index contributed by atoms with van der Waals surface area (Å²) < 4.78 is 27.4. The highest BCUT2D eigenvalue weighted by Gasteiger charge is 2.36. The highest BCUT2D eigenvalue weighted by Crippen LogP contribution is 2.28. The number of para-hydroxylation sites is 1. The predicted octanol–water partition coefficient (Wildman–Crippen LogP) is 3.26. The van der Waals surface area contributed by atoms with Crippen molar-refractivity contribution in [2.24, 2.45) is 5.92 Å². The van der Waals surface area contributed by atoms with Gasteiger partial charge in [0.15, 0.2) is 0 Å². The number of halogens is 2. The molecule has 24 heavy (non-hydrogen) atoms. The minimum Gasteiger partial charge on any atom is -0.326 e. The zero-order valence-corrected chi connectivity index (χ0v) is 13.1. The third-order valence-electron chi connectivity index (χ3n) is 4.08. The first-order valence-electron chi connectivity index (χ1n) is 7.57. The second kappa shape index (κ2) is 6.39. The summed E-state index contributed by atoms with van der Waals surface area (Å²) in [6.07, 6.45) is -0.00545.